The molecule has 5 heavy (non-hydrogen) atoms. The summed E-state index contributed by atoms with van der Waals surface area (Å²) < 4.78 is 0. The Bertz CT molecular complexity index is 6.85. The molecular formula is H10NNaO3. The molecule has 0 amide bonds. The van der Waals surface area contributed by atoms with Crippen molar-refractivity contribution in [1.29, 1.82) is 0 Å². The Kier molecular flexibility index (Phi) is 3920. The SMILES string of the molecule is N.O.O.O.[NaH]. The summed E-state index contributed by atoms with van der Waals surface area (Å²) in [5.74, 6) is 0. The fourth-order valence-corrected chi connectivity index (χ4v) is 0. The van der Waals surface area contributed by atoms with Gasteiger partial charge in [-0.15, -0.1) is 0 Å². The van der Waals surface area contributed by atoms with Gasteiger partial charge in [0.25, 0.3) is 0 Å². The standard InChI is InChI=1S/H3N.Na.3H2O.H/h1H3;;3*1H2;. The minimum absolute atomic E-state index is 0. The van der Waals surface area contributed by atoms with Crippen molar-refractivity contribution >= 4 is 29.6 Å². The van der Waals surface area contributed by atoms with Crippen LogP contribution in [0.1, 0.15) is 0 Å². The Hall–Kier alpha value is 0.840. The Labute approximate surface area is 52.4 Å². The summed E-state index contributed by atoms with van der Waals surface area (Å²) in [7, 11) is 0. The first kappa shape index (κ1) is 194. The van der Waals surface area contributed by atoms with Gasteiger partial charge in [-0.2, -0.15) is 0 Å². The fraction of sp³-hybridized carbons (Fsp3) is 0. The quantitative estimate of drug-likeness (QED) is 0.316. The van der Waals surface area contributed by atoms with E-state index in [0.717, 1.165) is 0 Å². The molecule has 0 fully saturated rings. The van der Waals surface area contributed by atoms with E-state index in [-0.39, 0.29) is 52.1 Å². The first-order valence-electron chi connectivity index (χ1n) is 0. The normalized spacial score (nSPS) is 0. The van der Waals surface area contributed by atoms with E-state index in [4.69, 9.17) is 0 Å². The van der Waals surface area contributed by atoms with Gasteiger partial charge in [0.2, 0.25) is 0 Å². The zero-order chi connectivity index (χ0) is 0. The van der Waals surface area contributed by atoms with Crippen LogP contribution in [0.4, 0.5) is 0 Å². The van der Waals surface area contributed by atoms with E-state index in [0.29, 0.717) is 0 Å². The Morgan fingerprint density at radius 2 is 0.600 bits per heavy atom. The van der Waals surface area contributed by atoms with E-state index in [1.165, 1.54) is 0 Å². The van der Waals surface area contributed by atoms with Crippen LogP contribution in [0.2, 0.25) is 0 Å². The molecule has 4 nitrogen and oxygen atoms in total. The summed E-state index contributed by atoms with van der Waals surface area (Å²) in [5.41, 5.74) is 0. The molecule has 0 aliphatic heterocycles. The second-order valence-electron chi connectivity index (χ2n) is 0. The van der Waals surface area contributed by atoms with E-state index in [2.05, 4.69) is 0 Å². The van der Waals surface area contributed by atoms with Crippen molar-refractivity contribution in [2.24, 2.45) is 0 Å². The van der Waals surface area contributed by atoms with Gasteiger partial charge in [-0.25, -0.2) is 0 Å². The molecule has 9 N–H and O–H groups in total. The Morgan fingerprint density at radius 3 is 0.600 bits per heavy atom. The van der Waals surface area contributed by atoms with Gasteiger partial charge >= 0.3 is 29.6 Å². The number of rotatable bonds is 0. The molecule has 0 spiro atoms. The van der Waals surface area contributed by atoms with Crippen molar-refractivity contribution in [3.8, 4) is 0 Å². The average Bonchev–Trinajstić information content (AvgIpc) is 0. The van der Waals surface area contributed by atoms with Gasteiger partial charge in [-0.1, -0.05) is 0 Å². The van der Waals surface area contributed by atoms with Gasteiger partial charge in [-0.05, 0) is 0 Å². The summed E-state index contributed by atoms with van der Waals surface area (Å²) in [5, 5.41) is 0. The van der Waals surface area contributed by atoms with Crippen LogP contribution in [0.25, 0.3) is 0 Å². The maximum atomic E-state index is 0. The zero-order valence-corrected chi connectivity index (χ0v) is 2.21. The second kappa shape index (κ2) is 101. The van der Waals surface area contributed by atoms with Crippen LogP contribution in [0.5, 0.6) is 0 Å². The molecule has 0 atom stereocenters. The molecule has 0 aromatic carbocycles. The molecule has 0 aliphatic rings. The Balaban J connectivity index is 0. The van der Waals surface area contributed by atoms with E-state index < -0.39 is 0 Å². The third-order valence-corrected chi connectivity index (χ3v) is 0. The summed E-state index contributed by atoms with van der Waals surface area (Å²) in [4.78, 5) is 0. The predicted molar refractivity (Wildman–Crippen MR) is 23.0 cm³/mol. The molecule has 34 valence electrons. The first-order chi connectivity index (χ1) is 0. The predicted octanol–water partition coefficient (Wildman–Crippen LogP) is -2.96. The Morgan fingerprint density at radius 1 is 0.600 bits per heavy atom. The molecule has 0 radical (unpaired) electrons. The monoisotopic (exact) mass is 95.1 g/mol. The number of hydrogen-bond acceptors (Lipinski definition) is 1. The molecule has 0 saturated carbocycles. The van der Waals surface area contributed by atoms with Crippen LogP contribution in [0, 0.1) is 0 Å². The van der Waals surface area contributed by atoms with Gasteiger partial charge in [0.05, 0.1) is 0 Å². The average molecular weight is 95.1 g/mol. The van der Waals surface area contributed by atoms with Crippen molar-refractivity contribution in [3.05, 3.63) is 0 Å². The second-order valence-corrected chi connectivity index (χ2v) is 0. The van der Waals surface area contributed by atoms with E-state index in [1.54, 1.807) is 0 Å². The molecule has 0 heterocycles. The van der Waals surface area contributed by atoms with Crippen LogP contribution in [0.15, 0.2) is 0 Å². The van der Waals surface area contributed by atoms with Crippen molar-refractivity contribution in [2.75, 3.05) is 0 Å². The number of hydrogen-bond donors (Lipinski definition) is 1. The topological polar surface area (TPSA) is 130 Å². The van der Waals surface area contributed by atoms with Crippen LogP contribution >= 0.6 is 0 Å². The molecular weight excluding hydrogens is 85.0 g/mol. The third kappa shape index (κ3) is 55.3. The van der Waals surface area contributed by atoms with Gasteiger partial charge < -0.3 is 22.6 Å². The van der Waals surface area contributed by atoms with Gasteiger partial charge in [0, 0.05) is 0 Å². The van der Waals surface area contributed by atoms with Crippen LogP contribution in [0.3, 0.4) is 0 Å². The van der Waals surface area contributed by atoms with Crippen molar-refractivity contribution in [2.45, 2.75) is 0 Å². The first-order valence-corrected chi connectivity index (χ1v) is 0. The van der Waals surface area contributed by atoms with E-state index in [1.807, 2.05) is 0 Å². The molecule has 0 bridgehead atoms. The molecule has 0 aromatic rings. The molecule has 0 aromatic heterocycles. The summed E-state index contributed by atoms with van der Waals surface area (Å²) in [6.07, 6.45) is 0. The van der Waals surface area contributed by atoms with Gasteiger partial charge in [-0.3, -0.25) is 0 Å². The fourth-order valence-electron chi connectivity index (χ4n) is 0. The molecule has 0 unspecified atom stereocenters. The van der Waals surface area contributed by atoms with Crippen molar-refractivity contribution in [1.82, 2.24) is 6.15 Å². The van der Waals surface area contributed by atoms with Crippen molar-refractivity contribution < 1.29 is 16.4 Å². The third-order valence-electron chi connectivity index (χ3n) is 0. The van der Waals surface area contributed by atoms with Gasteiger partial charge in [0.15, 0.2) is 0 Å². The maximum absolute atomic E-state index is 0. The zero-order valence-electron chi connectivity index (χ0n) is 2.21. The molecule has 0 saturated heterocycles. The molecule has 0 rings (SSSR count). The van der Waals surface area contributed by atoms with Crippen LogP contribution in [-0.4, -0.2) is 46.0 Å². The van der Waals surface area contributed by atoms with Crippen LogP contribution in [-0.2, 0) is 0 Å². The summed E-state index contributed by atoms with van der Waals surface area (Å²) in [6, 6.07) is 0. The van der Waals surface area contributed by atoms with Crippen LogP contribution < -0.4 is 6.15 Å². The van der Waals surface area contributed by atoms with E-state index >= 15 is 0 Å². The molecule has 0 aliphatic carbocycles. The van der Waals surface area contributed by atoms with Gasteiger partial charge in [0.1, 0.15) is 0 Å². The summed E-state index contributed by atoms with van der Waals surface area (Å²) in [6.45, 7) is 0. The minimum atomic E-state index is 0. The van der Waals surface area contributed by atoms with Crippen molar-refractivity contribution in [3.63, 3.8) is 0 Å². The molecule has 5 heteroatoms. The summed E-state index contributed by atoms with van der Waals surface area (Å²) >= 11 is 0. The van der Waals surface area contributed by atoms with E-state index in [9.17, 15) is 0 Å².